The number of rotatable bonds is 16. The molecule has 182 valence electrons. The maximum Gasteiger partial charge on any atom is 0.143 e. The molecule has 0 heterocycles. The molecule has 1 atom stereocenters. The summed E-state index contributed by atoms with van der Waals surface area (Å²) in [6.45, 7) is 2.62. The molecule has 0 fully saturated rings. The number of benzene rings is 3. The molecule has 0 saturated carbocycles. The zero-order chi connectivity index (χ0) is 23.9. The van der Waals surface area contributed by atoms with Crippen molar-refractivity contribution >= 4 is 0 Å². The van der Waals surface area contributed by atoms with E-state index in [1.54, 1.807) is 0 Å². The first kappa shape index (κ1) is 26.2. The number of aliphatic hydroxyl groups excluding tert-OH is 1. The van der Waals surface area contributed by atoms with Crippen molar-refractivity contribution in [2.24, 2.45) is 0 Å². The molecule has 0 aromatic heterocycles. The summed E-state index contributed by atoms with van der Waals surface area (Å²) in [5.74, 6) is 0. The van der Waals surface area contributed by atoms with Crippen molar-refractivity contribution in [3.05, 3.63) is 108 Å². The van der Waals surface area contributed by atoms with Gasteiger partial charge >= 0.3 is 0 Å². The van der Waals surface area contributed by atoms with E-state index in [-0.39, 0.29) is 6.10 Å². The van der Waals surface area contributed by atoms with Gasteiger partial charge < -0.3 is 9.84 Å². The Morgan fingerprint density at radius 1 is 0.559 bits per heavy atom. The minimum atomic E-state index is -0.601. The molecule has 0 saturated heterocycles. The SMILES string of the molecule is C[C@H](O)CCCCCCCCCCCOC(c1ccccc1)(c1ccccc1)c1ccccc1. The number of hydrogen-bond donors (Lipinski definition) is 1. The Labute approximate surface area is 207 Å². The van der Waals surface area contributed by atoms with Crippen LogP contribution in [0.15, 0.2) is 91.0 Å². The fourth-order valence-corrected chi connectivity index (χ4v) is 4.77. The van der Waals surface area contributed by atoms with E-state index in [4.69, 9.17) is 4.74 Å². The number of hydrogen-bond acceptors (Lipinski definition) is 2. The first-order chi connectivity index (χ1) is 16.7. The van der Waals surface area contributed by atoms with Crippen LogP contribution >= 0.6 is 0 Å². The Kier molecular flexibility index (Phi) is 11.4. The van der Waals surface area contributed by atoms with Gasteiger partial charge in [0.15, 0.2) is 0 Å². The molecule has 3 aromatic carbocycles. The second-order valence-electron chi connectivity index (χ2n) is 9.45. The molecule has 0 aliphatic heterocycles. The first-order valence-electron chi connectivity index (χ1n) is 13.2. The monoisotopic (exact) mass is 458 g/mol. The van der Waals surface area contributed by atoms with E-state index < -0.39 is 5.60 Å². The Morgan fingerprint density at radius 3 is 1.29 bits per heavy atom. The minimum Gasteiger partial charge on any atom is -0.393 e. The van der Waals surface area contributed by atoms with Crippen molar-refractivity contribution in [2.75, 3.05) is 6.61 Å². The van der Waals surface area contributed by atoms with E-state index in [0.29, 0.717) is 0 Å². The fraction of sp³-hybridized carbons (Fsp3) is 0.438. The summed E-state index contributed by atoms with van der Waals surface area (Å²) in [6.07, 6.45) is 12.0. The summed E-state index contributed by atoms with van der Waals surface area (Å²) in [7, 11) is 0. The van der Waals surface area contributed by atoms with Gasteiger partial charge in [-0.3, -0.25) is 0 Å². The zero-order valence-corrected chi connectivity index (χ0v) is 20.9. The largest absolute Gasteiger partial charge is 0.393 e. The van der Waals surface area contributed by atoms with Crippen LogP contribution in [0, 0.1) is 0 Å². The van der Waals surface area contributed by atoms with Crippen molar-refractivity contribution in [1.82, 2.24) is 0 Å². The van der Waals surface area contributed by atoms with Crippen LogP contribution in [0.3, 0.4) is 0 Å². The molecule has 0 amide bonds. The summed E-state index contributed by atoms with van der Waals surface area (Å²) in [4.78, 5) is 0. The van der Waals surface area contributed by atoms with E-state index in [2.05, 4.69) is 91.0 Å². The lowest BCUT2D eigenvalue weighted by Gasteiger charge is -2.36. The Balaban J connectivity index is 1.55. The van der Waals surface area contributed by atoms with Crippen molar-refractivity contribution in [3.63, 3.8) is 0 Å². The molecule has 0 aliphatic rings. The fourth-order valence-electron chi connectivity index (χ4n) is 4.77. The van der Waals surface area contributed by atoms with Crippen LogP contribution in [0.5, 0.6) is 0 Å². The third kappa shape index (κ3) is 7.82. The van der Waals surface area contributed by atoms with Crippen LogP contribution in [0.1, 0.15) is 87.8 Å². The quantitative estimate of drug-likeness (QED) is 0.173. The third-order valence-electron chi connectivity index (χ3n) is 6.63. The summed E-state index contributed by atoms with van der Waals surface area (Å²) in [5, 5.41) is 9.33. The third-order valence-corrected chi connectivity index (χ3v) is 6.63. The van der Waals surface area contributed by atoms with E-state index in [1.165, 1.54) is 61.6 Å². The van der Waals surface area contributed by atoms with E-state index in [9.17, 15) is 5.11 Å². The van der Waals surface area contributed by atoms with Gasteiger partial charge in [-0.25, -0.2) is 0 Å². The van der Waals surface area contributed by atoms with Gasteiger partial charge in [0, 0.05) is 6.61 Å². The molecule has 1 N–H and O–H groups in total. The molecule has 2 nitrogen and oxygen atoms in total. The molecule has 0 spiro atoms. The van der Waals surface area contributed by atoms with Gasteiger partial charge in [-0.05, 0) is 36.5 Å². The predicted molar refractivity (Wildman–Crippen MR) is 143 cm³/mol. The normalized spacial score (nSPS) is 12.5. The Bertz CT molecular complexity index is 793. The highest BCUT2D eigenvalue weighted by atomic mass is 16.5. The predicted octanol–water partition coefficient (Wildman–Crippen LogP) is 8.28. The average Bonchev–Trinajstić information content (AvgIpc) is 2.88. The molecular formula is C32H42O2. The van der Waals surface area contributed by atoms with Gasteiger partial charge in [0.2, 0.25) is 0 Å². The number of aliphatic hydroxyl groups is 1. The lowest BCUT2D eigenvalue weighted by molar-refractivity contribution is 0.0106. The Hall–Kier alpha value is -2.42. The molecule has 3 aromatic rings. The molecule has 0 radical (unpaired) electrons. The smallest absolute Gasteiger partial charge is 0.143 e. The van der Waals surface area contributed by atoms with Gasteiger partial charge in [-0.1, -0.05) is 142 Å². The summed E-state index contributed by atoms with van der Waals surface area (Å²) in [5.41, 5.74) is 2.91. The van der Waals surface area contributed by atoms with Crippen LogP contribution in [0.4, 0.5) is 0 Å². The molecule has 3 rings (SSSR count). The van der Waals surface area contributed by atoms with Crippen LogP contribution in [0.2, 0.25) is 0 Å². The highest BCUT2D eigenvalue weighted by Crippen LogP contribution is 2.40. The maximum atomic E-state index is 9.33. The number of ether oxygens (including phenoxy) is 1. The van der Waals surface area contributed by atoms with Gasteiger partial charge in [0.25, 0.3) is 0 Å². The lowest BCUT2D eigenvalue weighted by Crippen LogP contribution is -2.33. The molecule has 0 bridgehead atoms. The molecule has 0 unspecified atom stereocenters. The maximum absolute atomic E-state index is 9.33. The van der Waals surface area contributed by atoms with Crippen LogP contribution in [-0.4, -0.2) is 17.8 Å². The minimum absolute atomic E-state index is 0.147. The van der Waals surface area contributed by atoms with Crippen molar-refractivity contribution in [2.45, 2.75) is 82.8 Å². The van der Waals surface area contributed by atoms with Gasteiger partial charge in [0.05, 0.1) is 6.10 Å². The van der Waals surface area contributed by atoms with Crippen LogP contribution < -0.4 is 0 Å². The summed E-state index contributed by atoms with van der Waals surface area (Å²) >= 11 is 0. The molecule has 2 heteroatoms. The summed E-state index contributed by atoms with van der Waals surface area (Å²) < 4.78 is 6.86. The molecule has 34 heavy (non-hydrogen) atoms. The van der Waals surface area contributed by atoms with Crippen molar-refractivity contribution < 1.29 is 9.84 Å². The van der Waals surface area contributed by atoms with Crippen LogP contribution in [0.25, 0.3) is 0 Å². The van der Waals surface area contributed by atoms with Crippen LogP contribution in [-0.2, 0) is 10.3 Å². The molecule has 0 aliphatic carbocycles. The van der Waals surface area contributed by atoms with E-state index >= 15 is 0 Å². The molecular weight excluding hydrogens is 416 g/mol. The highest BCUT2D eigenvalue weighted by molar-refractivity contribution is 5.47. The first-order valence-corrected chi connectivity index (χ1v) is 13.2. The summed E-state index contributed by atoms with van der Waals surface area (Å²) in [6, 6.07) is 31.9. The van der Waals surface area contributed by atoms with E-state index in [1.807, 2.05) is 6.92 Å². The number of unbranched alkanes of at least 4 members (excludes halogenated alkanes) is 8. The zero-order valence-electron chi connectivity index (χ0n) is 20.9. The van der Waals surface area contributed by atoms with Crippen molar-refractivity contribution in [1.29, 1.82) is 0 Å². The van der Waals surface area contributed by atoms with E-state index in [0.717, 1.165) is 25.9 Å². The standard InChI is InChI=1S/C32H42O2/c1-28(33)20-12-7-5-3-2-4-6-8-19-27-34-32(29-21-13-9-14-22-29,30-23-15-10-16-24-30)31-25-17-11-18-26-31/h9-11,13-18,21-26,28,33H,2-8,12,19-20,27H2,1H3/t28-/m0/s1. The topological polar surface area (TPSA) is 29.5 Å². The van der Waals surface area contributed by atoms with Gasteiger partial charge in [-0.15, -0.1) is 0 Å². The average molecular weight is 459 g/mol. The van der Waals surface area contributed by atoms with Gasteiger partial charge in [-0.2, -0.15) is 0 Å². The highest BCUT2D eigenvalue weighted by Gasteiger charge is 2.37. The van der Waals surface area contributed by atoms with Gasteiger partial charge in [0.1, 0.15) is 5.60 Å². The lowest BCUT2D eigenvalue weighted by atomic mass is 9.80. The van der Waals surface area contributed by atoms with Crippen molar-refractivity contribution in [3.8, 4) is 0 Å². The second-order valence-corrected chi connectivity index (χ2v) is 9.45. The Morgan fingerprint density at radius 2 is 0.912 bits per heavy atom. The second kappa shape index (κ2) is 14.8.